The van der Waals surface area contributed by atoms with Crippen LogP contribution in [0.3, 0.4) is 0 Å². The van der Waals surface area contributed by atoms with Gasteiger partial charge < -0.3 is 4.90 Å². The molecule has 0 N–H and O–H groups in total. The topological polar surface area (TPSA) is 16.1 Å². The second-order valence-corrected chi connectivity index (χ2v) is 7.94. The molecule has 2 heterocycles. The molecule has 1 aliphatic rings. The molecule has 1 saturated heterocycles. The van der Waals surface area contributed by atoms with Gasteiger partial charge in [0.05, 0.1) is 5.69 Å². The van der Waals surface area contributed by atoms with E-state index in [9.17, 15) is 0 Å². The number of nitrogens with zero attached hydrogens (tertiary/aromatic N) is 2. The summed E-state index contributed by atoms with van der Waals surface area (Å²) in [5.41, 5.74) is 6.20. The Bertz CT molecular complexity index is 982. The predicted octanol–water partition coefficient (Wildman–Crippen LogP) is 6.26. The van der Waals surface area contributed by atoms with Crippen molar-refractivity contribution in [1.29, 1.82) is 0 Å². The van der Waals surface area contributed by atoms with Crippen molar-refractivity contribution in [3.8, 4) is 0 Å². The lowest BCUT2D eigenvalue weighted by molar-refractivity contribution is 0.446. The molecule has 1 atom stereocenters. The molecule has 27 heavy (non-hydrogen) atoms. The molecule has 0 saturated carbocycles. The molecule has 0 aliphatic carbocycles. The highest BCUT2D eigenvalue weighted by molar-refractivity contribution is 5.95. The van der Waals surface area contributed by atoms with Crippen LogP contribution in [0.25, 0.3) is 22.9 Å². The van der Waals surface area contributed by atoms with Crippen LogP contribution in [0.1, 0.15) is 42.1 Å². The fraction of sp³-hybridized carbons (Fsp3) is 0.320. The molecule has 1 fully saturated rings. The fourth-order valence-corrected chi connectivity index (χ4v) is 4.25. The van der Waals surface area contributed by atoms with Gasteiger partial charge >= 0.3 is 0 Å². The van der Waals surface area contributed by atoms with Gasteiger partial charge in [-0.1, -0.05) is 49.4 Å². The van der Waals surface area contributed by atoms with E-state index in [1.165, 1.54) is 46.0 Å². The summed E-state index contributed by atoms with van der Waals surface area (Å²) in [6.45, 7) is 9.01. The van der Waals surface area contributed by atoms with Crippen molar-refractivity contribution in [3.05, 3.63) is 71.0 Å². The molecular formula is C25H28N2. The molecule has 1 unspecified atom stereocenters. The molecule has 4 rings (SSSR count). The van der Waals surface area contributed by atoms with Crippen LogP contribution in [0.2, 0.25) is 0 Å². The van der Waals surface area contributed by atoms with E-state index < -0.39 is 0 Å². The van der Waals surface area contributed by atoms with Crippen molar-refractivity contribution in [3.63, 3.8) is 0 Å². The number of benzene rings is 2. The van der Waals surface area contributed by atoms with Crippen LogP contribution in [-0.4, -0.2) is 18.1 Å². The quantitative estimate of drug-likeness (QED) is 0.551. The standard InChI is InChI=1S/C25H28N2/c1-18-7-6-14-27(17-18)24-15-23(26-16-20(24)3)13-12-22-11-5-10-21-9-4-8-19(2)25(21)22/h4-5,8-13,15-16,18H,6-7,14,17H2,1-3H3. The first kappa shape index (κ1) is 17.8. The summed E-state index contributed by atoms with van der Waals surface area (Å²) in [5.74, 6) is 0.768. The van der Waals surface area contributed by atoms with E-state index in [0.717, 1.165) is 24.7 Å². The van der Waals surface area contributed by atoms with Gasteiger partial charge in [-0.15, -0.1) is 0 Å². The first-order valence-corrected chi connectivity index (χ1v) is 10.00. The Morgan fingerprint density at radius 3 is 2.67 bits per heavy atom. The summed E-state index contributed by atoms with van der Waals surface area (Å²) in [6.07, 6.45) is 8.99. The number of anilines is 1. The van der Waals surface area contributed by atoms with Gasteiger partial charge in [0.1, 0.15) is 0 Å². The molecule has 3 aromatic rings. The van der Waals surface area contributed by atoms with Crippen LogP contribution in [0.4, 0.5) is 5.69 Å². The Kier molecular flexibility index (Phi) is 4.98. The summed E-state index contributed by atoms with van der Waals surface area (Å²) in [4.78, 5) is 7.19. The summed E-state index contributed by atoms with van der Waals surface area (Å²) in [5, 5.41) is 2.62. The van der Waals surface area contributed by atoms with Crippen molar-refractivity contribution in [2.24, 2.45) is 5.92 Å². The van der Waals surface area contributed by atoms with Gasteiger partial charge in [0.15, 0.2) is 0 Å². The summed E-state index contributed by atoms with van der Waals surface area (Å²) in [6, 6.07) is 15.2. The normalized spacial score (nSPS) is 17.7. The molecule has 138 valence electrons. The van der Waals surface area contributed by atoms with Crippen molar-refractivity contribution >= 4 is 28.6 Å². The molecule has 2 aromatic carbocycles. The highest BCUT2D eigenvalue weighted by atomic mass is 15.1. The molecule has 0 spiro atoms. The average molecular weight is 357 g/mol. The second-order valence-electron chi connectivity index (χ2n) is 7.94. The van der Waals surface area contributed by atoms with Gasteiger partial charge in [-0.3, -0.25) is 4.98 Å². The van der Waals surface area contributed by atoms with Crippen molar-refractivity contribution < 1.29 is 0 Å². The zero-order chi connectivity index (χ0) is 18.8. The first-order valence-electron chi connectivity index (χ1n) is 10.00. The monoisotopic (exact) mass is 356 g/mol. The van der Waals surface area contributed by atoms with Gasteiger partial charge in [0, 0.05) is 25.0 Å². The number of hydrogen-bond acceptors (Lipinski definition) is 2. The Labute approximate surface area is 162 Å². The maximum absolute atomic E-state index is 4.66. The number of pyridine rings is 1. The van der Waals surface area contributed by atoms with Gasteiger partial charge in [-0.25, -0.2) is 0 Å². The Balaban J connectivity index is 1.66. The van der Waals surface area contributed by atoms with Gasteiger partial charge in [0.25, 0.3) is 0 Å². The molecule has 0 bridgehead atoms. The number of aromatic nitrogens is 1. The van der Waals surface area contributed by atoms with Crippen molar-refractivity contribution in [2.75, 3.05) is 18.0 Å². The number of piperidine rings is 1. The van der Waals surface area contributed by atoms with E-state index >= 15 is 0 Å². The number of rotatable bonds is 3. The Hall–Kier alpha value is -2.61. The summed E-state index contributed by atoms with van der Waals surface area (Å²) >= 11 is 0. The van der Waals surface area contributed by atoms with Crippen LogP contribution in [-0.2, 0) is 0 Å². The molecular weight excluding hydrogens is 328 g/mol. The largest absolute Gasteiger partial charge is 0.371 e. The zero-order valence-corrected chi connectivity index (χ0v) is 16.6. The fourth-order valence-electron chi connectivity index (χ4n) is 4.25. The van der Waals surface area contributed by atoms with Crippen molar-refractivity contribution in [1.82, 2.24) is 4.98 Å². The third kappa shape index (κ3) is 3.75. The molecule has 0 amide bonds. The van der Waals surface area contributed by atoms with Crippen LogP contribution in [0.5, 0.6) is 0 Å². The Morgan fingerprint density at radius 2 is 1.85 bits per heavy atom. The first-order chi connectivity index (χ1) is 13.1. The minimum Gasteiger partial charge on any atom is -0.371 e. The molecule has 1 aliphatic heterocycles. The average Bonchev–Trinajstić information content (AvgIpc) is 2.67. The summed E-state index contributed by atoms with van der Waals surface area (Å²) in [7, 11) is 0. The maximum Gasteiger partial charge on any atom is 0.0650 e. The third-order valence-electron chi connectivity index (χ3n) is 5.67. The van der Waals surface area contributed by atoms with Gasteiger partial charge in [0.2, 0.25) is 0 Å². The van der Waals surface area contributed by atoms with Gasteiger partial charge in [-0.05, 0) is 72.2 Å². The number of hydrogen-bond donors (Lipinski definition) is 0. The van der Waals surface area contributed by atoms with Crippen LogP contribution in [0, 0.1) is 19.8 Å². The van der Waals surface area contributed by atoms with Crippen LogP contribution >= 0.6 is 0 Å². The third-order valence-corrected chi connectivity index (χ3v) is 5.67. The Morgan fingerprint density at radius 1 is 1.04 bits per heavy atom. The minimum atomic E-state index is 0.768. The SMILES string of the molecule is Cc1cnc(C=Cc2cccc3cccc(C)c23)cc1N1CCCC(C)C1. The van der Waals surface area contributed by atoms with Crippen LogP contribution in [0.15, 0.2) is 48.7 Å². The van der Waals surface area contributed by atoms with E-state index in [0.29, 0.717) is 0 Å². The lowest BCUT2D eigenvalue weighted by Gasteiger charge is -2.33. The van der Waals surface area contributed by atoms with E-state index in [1.807, 2.05) is 6.20 Å². The minimum absolute atomic E-state index is 0.768. The molecule has 0 radical (unpaired) electrons. The summed E-state index contributed by atoms with van der Waals surface area (Å²) < 4.78 is 0. The van der Waals surface area contributed by atoms with Crippen molar-refractivity contribution in [2.45, 2.75) is 33.6 Å². The molecule has 1 aromatic heterocycles. The van der Waals surface area contributed by atoms with E-state index in [-0.39, 0.29) is 0 Å². The number of fused-ring (bicyclic) bond motifs is 1. The number of aryl methyl sites for hydroxylation is 2. The predicted molar refractivity (Wildman–Crippen MR) is 117 cm³/mol. The second kappa shape index (κ2) is 7.56. The molecule has 2 nitrogen and oxygen atoms in total. The highest BCUT2D eigenvalue weighted by Gasteiger charge is 2.18. The maximum atomic E-state index is 4.66. The lowest BCUT2D eigenvalue weighted by Crippen LogP contribution is -2.34. The highest BCUT2D eigenvalue weighted by Crippen LogP contribution is 2.28. The van der Waals surface area contributed by atoms with Crippen LogP contribution < -0.4 is 4.90 Å². The van der Waals surface area contributed by atoms with E-state index in [1.54, 1.807) is 0 Å². The smallest absolute Gasteiger partial charge is 0.0650 e. The van der Waals surface area contributed by atoms with E-state index in [2.05, 4.69) is 85.3 Å². The zero-order valence-electron chi connectivity index (χ0n) is 16.6. The van der Waals surface area contributed by atoms with Gasteiger partial charge in [-0.2, -0.15) is 0 Å². The molecule has 2 heteroatoms. The lowest BCUT2D eigenvalue weighted by atomic mass is 9.98. The van der Waals surface area contributed by atoms with E-state index in [4.69, 9.17) is 0 Å².